The Bertz CT molecular complexity index is 1790. The second kappa shape index (κ2) is 11.3. The molecule has 0 unspecified atom stereocenters. The quantitative estimate of drug-likeness (QED) is 0.279. The number of benzene rings is 2. The monoisotopic (exact) mass is 588 g/mol. The Morgan fingerprint density at radius 1 is 0.886 bits per heavy atom. The van der Waals surface area contributed by atoms with E-state index in [-0.39, 0.29) is 11.9 Å². The highest BCUT2D eigenvalue weighted by Gasteiger charge is 2.60. The normalized spacial score (nSPS) is 16.6. The lowest BCUT2D eigenvalue weighted by Crippen LogP contribution is -2.57. The Kier molecular flexibility index (Phi) is 6.98. The molecule has 7 rings (SSSR count). The number of hydrogen-bond acceptors (Lipinski definition) is 10. The van der Waals surface area contributed by atoms with Gasteiger partial charge in [-0.05, 0) is 53.4 Å². The van der Waals surface area contributed by atoms with E-state index in [4.69, 9.17) is 4.74 Å². The number of anilines is 2. The van der Waals surface area contributed by atoms with E-state index in [1.54, 1.807) is 24.4 Å². The second-order valence-electron chi connectivity index (χ2n) is 10.6. The van der Waals surface area contributed by atoms with E-state index in [1.807, 2.05) is 54.6 Å². The van der Waals surface area contributed by atoms with Crippen molar-refractivity contribution in [3.63, 3.8) is 0 Å². The van der Waals surface area contributed by atoms with Crippen molar-refractivity contribution in [1.29, 1.82) is 0 Å². The number of nitrogens with zero attached hydrogens (tertiary/aromatic N) is 9. The molecule has 13 heteroatoms. The van der Waals surface area contributed by atoms with Crippen LogP contribution in [0.5, 0.6) is 5.88 Å². The highest BCUT2D eigenvalue weighted by Crippen LogP contribution is 2.42. The van der Waals surface area contributed by atoms with Crippen LogP contribution in [0.1, 0.15) is 18.5 Å². The van der Waals surface area contributed by atoms with Crippen LogP contribution in [0, 0.1) is 0 Å². The number of imide groups is 1. The molecule has 0 saturated carbocycles. The maximum atomic E-state index is 14.4. The molecule has 2 aliphatic heterocycles. The number of carbonyl (C=O) groups excluding carboxylic acids is 2. The zero-order valence-corrected chi connectivity index (χ0v) is 23.9. The van der Waals surface area contributed by atoms with Crippen LogP contribution in [0.2, 0.25) is 0 Å². The molecule has 2 aliphatic rings. The molecule has 220 valence electrons. The van der Waals surface area contributed by atoms with Gasteiger partial charge in [0.1, 0.15) is 5.54 Å². The van der Waals surface area contributed by atoms with Crippen molar-refractivity contribution in [2.75, 3.05) is 30.0 Å². The summed E-state index contributed by atoms with van der Waals surface area (Å²) in [5.74, 6) is 0.598. The van der Waals surface area contributed by atoms with E-state index in [0.717, 1.165) is 22.4 Å². The molecule has 44 heavy (non-hydrogen) atoms. The third kappa shape index (κ3) is 4.72. The lowest BCUT2D eigenvalue weighted by atomic mass is 9.85. The number of hydrogen-bond donors (Lipinski definition) is 1. The van der Waals surface area contributed by atoms with Gasteiger partial charge in [0.15, 0.2) is 0 Å². The third-order valence-corrected chi connectivity index (χ3v) is 8.20. The van der Waals surface area contributed by atoms with Gasteiger partial charge < -0.3 is 4.74 Å². The minimum absolute atomic E-state index is 0.128. The summed E-state index contributed by atoms with van der Waals surface area (Å²) in [4.78, 5) is 46.9. The molecule has 3 aromatic heterocycles. The molecular formula is C31H28N10O3. The molecule has 5 heterocycles. The number of methoxy groups -OCH3 is 1. The standard InChI is InChI=1S/C31H28N10O3/c1-44-26-13-17-33-29(34-26)41-30(43)40(23-11-9-22(10-12-23)21-6-3-2-4-7-21)28(42)31(41)14-18-39(19-15-31)20-25-24(8-5-16-32-25)27-35-37-38-36-27/h2-13,16-17H,14-15,18-20H2,1H3,(H,35,36,37,38). The molecule has 2 aromatic carbocycles. The molecule has 1 N–H and O–H groups in total. The number of H-pyrrole nitrogens is 1. The zero-order chi connectivity index (χ0) is 30.1. The molecular weight excluding hydrogens is 560 g/mol. The Hall–Kier alpha value is -5.56. The maximum Gasteiger partial charge on any atom is 0.339 e. The van der Waals surface area contributed by atoms with E-state index in [2.05, 4.69) is 40.5 Å². The van der Waals surface area contributed by atoms with Crippen LogP contribution in [0.4, 0.5) is 16.4 Å². The van der Waals surface area contributed by atoms with Crippen molar-refractivity contribution < 1.29 is 14.3 Å². The number of likely N-dealkylation sites (tertiary alicyclic amines) is 1. The first kappa shape index (κ1) is 27.3. The molecule has 0 bridgehead atoms. The topological polar surface area (TPSA) is 146 Å². The predicted octanol–water partition coefficient (Wildman–Crippen LogP) is 3.74. The van der Waals surface area contributed by atoms with E-state index in [0.29, 0.717) is 49.9 Å². The maximum absolute atomic E-state index is 14.4. The Labute approximate surface area is 252 Å². The number of rotatable bonds is 7. The molecule has 0 radical (unpaired) electrons. The smallest absolute Gasteiger partial charge is 0.339 e. The third-order valence-electron chi connectivity index (χ3n) is 8.20. The molecule has 0 atom stereocenters. The first-order valence-corrected chi connectivity index (χ1v) is 14.2. The number of nitrogens with one attached hydrogen (secondary N) is 1. The zero-order valence-electron chi connectivity index (χ0n) is 23.9. The second-order valence-corrected chi connectivity index (χ2v) is 10.6. The van der Waals surface area contributed by atoms with Crippen molar-refractivity contribution in [1.82, 2.24) is 40.5 Å². The highest BCUT2D eigenvalue weighted by molar-refractivity contribution is 6.30. The summed E-state index contributed by atoms with van der Waals surface area (Å²) in [6.45, 7) is 1.58. The number of pyridine rings is 1. The largest absolute Gasteiger partial charge is 0.481 e. The number of ether oxygens (including phenoxy) is 1. The molecule has 0 aliphatic carbocycles. The van der Waals surface area contributed by atoms with Crippen molar-refractivity contribution in [2.24, 2.45) is 0 Å². The summed E-state index contributed by atoms with van der Waals surface area (Å²) in [5.41, 5.74) is 2.93. The number of piperidine rings is 1. The fourth-order valence-corrected chi connectivity index (χ4v) is 5.94. The average Bonchev–Trinajstić information content (AvgIpc) is 3.68. The van der Waals surface area contributed by atoms with Crippen LogP contribution < -0.4 is 14.5 Å². The van der Waals surface area contributed by atoms with Crippen molar-refractivity contribution in [3.8, 4) is 28.4 Å². The molecule has 2 fully saturated rings. The summed E-state index contributed by atoms with van der Waals surface area (Å²) in [6.07, 6.45) is 4.01. The average molecular weight is 589 g/mol. The Morgan fingerprint density at radius 3 is 2.39 bits per heavy atom. The SMILES string of the molecule is COc1ccnc(N2C(=O)N(c3ccc(-c4ccccc4)cc3)C(=O)C23CCN(Cc2ncccc2-c2nn[nH]n2)CC3)n1. The summed E-state index contributed by atoms with van der Waals surface area (Å²) in [7, 11) is 1.50. The van der Waals surface area contributed by atoms with Crippen LogP contribution in [-0.2, 0) is 11.3 Å². The van der Waals surface area contributed by atoms with Gasteiger partial charge in [0.25, 0.3) is 5.91 Å². The van der Waals surface area contributed by atoms with E-state index < -0.39 is 11.6 Å². The molecule has 3 amide bonds. The fraction of sp³-hybridized carbons (Fsp3) is 0.226. The van der Waals surface area contributed by atoms with Crippen molar-refractivity contribution in [2.45, 2.75) is 24.9 Å². The van der Waals surface area contributed by atoms with E-state index in [9.17, 15) is 9.59 Å². The summed E-state index contributed by atoms with van der Waals surface area (Å²) in [5, 5.41) is 14.4. The van der Waals surface area contributed by atoms with Gasteiger partial charge in [0.05, 0.1) is 18.5 Å². The van der Waals surface area contributed by atoms with Gasteiger partial charge in [-0.1, -0.05) is 42.5 Å². The minimum Gasteiger partial charge on any atom is -0.481 e. The fourth-order valence-electron chi connectivity index (χ4n) is 5.94. The Balaban J connectivity index is 1.19. The number of tetrazole rings is 1. The van der Waals surface area contributed by atoms with Gasteiger partial charge in [-0.3, -0.25) is 14.7 Å². The predicted molar refractivity (Wildman–Crippen MR) is 160 cm³/mol. The van der Waals surface area contributed by atoms with Gasteiger partial charge in [-0.25, -0.2) is 19.6 Å². The molecule has 13 nitrogen and oxygen atoms in total. The van der Waals surface area contributed by atoms with Crippen molar-refractivity contribution >= 4 is 23.6 Å². The van der Waals surface area contributed by atoms with E-state index in [1.165, 1.54) is 23.1 Å². The Morgan fingerprint density at radius 2 is 1.66 bits per heavy atom. The number of aromatic nitrogens is 7. The summed E-state index contributed by atoms with van der Waals surface area (Å²) < 4.78 is 5.32. The first-order chi connectivity index (χ1) is 21.6. The van der Waals surface area contributed by atoms with Gasteiger partial charge >= 0.3 is 6.03 Å². The van der Waals surface area contributed by atoms with Crippen LogP contribution in [0.15, 0.2) is 85.2 Å². The lowest BCUT2D eigenvalue weighted by molar-refractivity contribution is -0.123. The van der Waals surface area contributed by atoms with Gasteiger partial charge in [0.2, 0.25) is 17.7 Å². The molecule has 1 spiro atoms. The highest BCUT2D eigenvalue weighted by atomic mass is 16.5. The van der Waals surface area contributed by atoms with Crippen LogP contribution in [-0.4, -0.2) is 78.2 Å². The number of amides is 3. The summed E-state index contributed by atoms with van der Waals surface area (Å²) >= 11 is 0. The van der Waals surface area contributed by atoms with E-state index >= 15 is 0 Å². The number of aromatic amines is 1. The summed E-state index contributed by atoms with van der Waals surface area (Å²) in [6, 6.07) is 22.2. The van der Waals surface area contributed by atoms with Crippen molar-refractivity contribution in [3.05, 3.63) is 90.9 Å². The van der Waals surface area contributed by atoms with Gasteiger partial charge in [-0.2, -0.15) is 10.2 Å². The van der Waals surface area contributed by atoms with Crippen LogP contribution in [0.3, 0.4) is 0 Å². The van der Waals surface area contributed by atoms with Crippen LogP contribution >= 0.6 is 0 Å². The first-order valence-electron chi connectivity index (χ1n) is 14.2. The van der Waals surface area contributed by atoms with Gasteiger partial charge in [-0.15, -0.1) is 10.2 Å². The van der Waals surface area contributed by atoms with Crippen LogP contribution in [0.25, 0.3) is 22.5 Å². The number of carbonyl (C=O) groups is 2. The van der Waals surface area contributed by atoms with Gasteiger partial charge in [0, 0.05) is 43.7 Å². The minimum atomic E-state index is -1.17. The molecule has 5 aromatic rings. The lowest BCUT2D eigenvalue weighted by Gasteiger charge is -2.41. The number of urea groups is 1. The molecule has 2 saturated heterocycles.